The third-order valence-electron chi connectivity index (χ3n) is 8.33. The van der Waals surface area contributed by atoms with Crippen molar-refractivity contribution in [2.24, 2.45) is 10.6 Å². The van der Waals surface area contributed by atoms with E-state index in [1.165, 1.54) is 50.7 Å². The second-order valence-corrected chi connectivity index (χ2v) is 11.1. The molecule has 13 heteroatoms. The van der Waals surface area contributed by atoms with Crippen LogP contribution in [0.4, 0.5) is 13.2 Å². The van der Waals surface area contributed by atoms with Gasteiger partial charge in [0.1, 0.15) is 0 Å². The van der Waals surface area contributed by atoms with Gasteiger partial charge in [0.2, 0.25) is 0 Å². The Morgan fingerprint density at radius 2 is 1.59 bits per heavy atom. The number of piperidine rings is 1. The maximum absolute atomic E-state index is 13.3. The largest absolute Gasteiger partial charge is 0.416 e. The Bertz CT molecular complexity index is 1060. The Morgan fingerprint density at radius 1 is 0.973 bits per heavy atom. The maximum Gasteiger partial charge on any atom is 0.416 e. The smallest absolute Gasteiger partial charge is 0.317 e. The SMILES string of the molecule is FC(F)(F)c1ccc(C2CCC(NC3CCC4(CCNCC4)CC3)CC2)c(-c2nnn[nH]2)c1.N[SH](=O)=O. The first kappa shape index (κ1) is 27.9. The molecular weight excluding hydrogens is 507 g/mol. The summed E-state index contributed by atoms with van der Waals surface area (Å²) in [7, 11) is -2.62. The van der Waals surface area contributed by atoms with E-state index >= 15 is 0 Å². The predicted octanol–water partition coefficient (Wildman–Crippen LogP) is 3.29. The van der Waals surface area contributed by atoms with Gasteiger partial charge in [-0.15, -0.1) is 5.10 Å². The molecule has 3 fully saturated rings. The molecular formula is C24H36F3N7O2S. The maximum atomic E-state index is 13.3. The van der Waals surface area contributed by atoms with Gasteiger partial charge < -0.3 is 10.6 Å². The normalized spacial score (nSPS) is 24.6. The lowest BCUT2D eigenvalue weighted by Crippen LogP contribution is -2.46. The fraction of sp³-hybridized carbons (Fsp3) is 0.708. The van der Waals surface area contributed by atoms with Gasteiger partial charge in [0.05, 0.1) is 5.56 Å². The van der Waals surface area contributed by atoms with Gasteiger partial charge in [-0.1, -0.05) is 6.07 Å². The molecule has 3 aliphatic rings. The molecule has 2 saturated carbocycles. The second-order valence-electron chi connectivity index (χ2n) is 10.6. The molecule has 206 valence electrons. The summed E-state index contributed by atoms with van der Waals surface area (Å²) < 4.78 is 57.5. The summed E-state index contributed by atoms with van der Waals surface area (Å²) in [4.78, 5) is 0. The Labute approximate surface area is 216 Å². The Balaban J connectivity index is 0.000000747. The molecule has 5 rings (SSSR count). The van der Waals surface area contributed by atoms with Crippen LogP contribution in [0.1, 0.15) is 81.3 Å². The molecule has 1 aromatic heterocycles. The monoisotopic (exact) mass is 543 g/mol. The number of nitrogens with one attached hydrogen (secondary N) is 3. The molecule has 2 aliphatic carbocycles. The lowest BCUT2D eigenvalue weighted by atomic mass is 9.67. The zero-order valence-corrected chi connectivity index (χ0v) is 21.7. The molecule has 2 aromatic rings. The Kier molecular flexibility index (Phi) is 9.20. The molecule has 1 aromatic carbocycles. The van der Waals surface area contributed by atoms with E-state index in [1.54, 1.807) is 6.07 Å². The topological polar surface area (TPSA) is 139 Å². The van der Waals surface area contributed by atoms with Gasteiger partial charge in [-0.05, 0) is 117 Å². The summed E-state index contributed by atoms with van der Waals surface area (Å²) in [6.07, 6.45) is 7.46. The Morgan fingerprint density at radius 3 is 2.16 bits per heavy atom. The average molecular weight is 544 g/mol. The summed E-state index contributed by atoms with van der Waals surface area (Å²) in [6, 6.07) is 5.09. The molecule has 2 heterocycles. The molecule has 1 saturated heterocycles. The van der Waals surface area contributed by atoms with Crippen LogP contribution in [0.5, 0.6) is 0 Å². The number of aromatic amines is 1. The van der Waals surface area contributed by atoms with Crippen molar-refractivity contribution in [3.8, 4) is 11.4 Å². The van der Waals surface area contributed by atoms with Gasteiger partial charge >= 0.3 is 6.18 Å². The number of aromatic nitrogens is 4. The number of halogens is 3. The fourth-order valence-corrected chi connectivity index (χ4v) is 6.33. The minimum Gasteiger partial charge on any atom is -0.317 e. The third-order valence-corrected chi connectivity index (χ3v) is 8.33. The highest BCUT2D eigenvalue weighted by Gasteiger charge is 2.37. The summed E-state index contributed by atoms with van der Waals surface area (Å²) >= 11 is 0. The van der Waals surface area contributed by atoms with E-state index in [0.29, 0.717) is 28.9 Å². The van der Waals surface area contributed by atoms with Crippen LogP contribution in [-0.2, 0) is 17.1 Å². The van der Waals surface area contributed by atoms with Crippen LogP contribution in [0.25, 0.3) is 11.4 Å². The van der Waals surface area contributed by atoms with Crippen molar-refractivity contribution in [1.82, 2.24) is 31.3 Å². The molecule has 0 unspecified atom stereocenters. The van der Waals surface area contributed by atoms with Crippen LogP contribution >= 0.6 is 0 Å². The summed E-state index contributed by atoms with van der Waals surface area (Å²) in [5.74, 6) is 0.514. The van der Waals surface area contributed by atoms with E-state index in [4.69, 9.17) is 8.42 Å². The molecule has 1 spiro atoms. The van der Waals surface area contributed by atoms with Gasteiger partial charge in [0.15, 0.2) is 16.7 Å². The van der Waals surface area contributed by atoms with E-state index in [0.717, 1.165) is 44.3 Å². The van der Waals surface area contributed by atoms with Crippen molar-refractivity contribution in [2.45, 2.75) is 88.4 Å². The highest BCUT2D eigenvalue weighted by molar-refractivity contribution is 7.69. The molecule has 0 amide bonds. The van der Waals surface area contributed by atoms with Crippen molar-refractivity contribution in [3.63, 3.8) is 0 Å². The number of hydrogen-bond acceptors (Lipinski definition) is 7. The van der Waals surface area contributed by atoms with Crippen LogP contribution in [0.2, 0.25) is 0 Å². The van der Waals surface area contributed by atoms with E-state index in [2.05, 4.69) is 36.4 Å². The molecule has 1 aliphatic heterocycles. The van der Waals surface area contributed by atoms with E-state index in [1.807, 2.05) is 0 Å². The van der Waals surface area contributed by atoms with Crippen molar-refractivity contribution >= 4 is 10.9 Å². The summed E-state index contributed by atoms with van der Waals surface area (Å²) in [5.41, 5.74) is 1.28. The molecule has 37 heavy (non-hydrogen) atoms. The van der Waals surface area contributed by atoms with E-state index < -0.39 is 22.6 Å². The quantitative estimate of drug-likeness (QED) is 0.373. The lowest BCUT2D eigenvalue weighted by Gasteiger charge is -2.44. The molecule has 0 atom stereocenters. The van der Waals surface area contributed by atoms with Gasteiger partial charge in [-0.25, -0.2) is 18.7 Å². The molecule has 0 radical (unpaired) electrons. The highest BCUT2D eigenvalue weighted by atomic mass is 32.2. The second kappa shape index (κ2) is 12.2. The van der Waals surface area contributed by atoms with Gasteiger partial charge in [-0.3, -0.25) is 0 Å². The van der Waals surface area contributed by atoms with Crippen LogP contribution in [-0.4, -0.2) is 54.2 Å². The van der Waals surface area contributed by atoms with Crippen molar-refractivity contribution in [3.05, 3.63) is 29.3 Å². The first-order valence-electron chi connectivity index (χ1n) is 13.0. The number of benzene rings is 1. The third kappa shape index (κ3) is 7.49. The standard InChI is InChI=1S/C24H33F3N6.H3NO2S/c25-24(26,27)17-3-6-20(21(15-17)22-30-32-33-31-22)16-1-4-18(5-2-16)29-19-7-9-23(10-8-19)11-13-28-14-12-23;1-4(2)3/h3,6,15-16,18-19,28-29H,1-2,4-5,7-14H2,(H,30,31,32,33);4H,(H2,1,2,3). The zero-order valence-electron chi connectivity index (χ0n) is 20.8. The minimum absolute atomic E-state index is 0.217. The predicted molar refractivity (Wildman–Crippen MR) is 134 cm³/mol. The number of rotatable bonds is 4. The van der Waals surface area contributed by atoms with E-state index in [-0.39, 0.29) is 5.92 Å². The molecule has 9 nitrogen and oxygen atoms in total. The van der Waals surface area contributed by atoms with Crippen LogP contribution in [0.3, 0.4) is 0 Å². The van der Waals surface area contributed by atoms with Crippen LogP contribution in [0.15, 0.2) is 18.2 Å². The number of thiol groups is 1. The minimum atomic E-state index is -4.39. The van der Waals surface area contributed by atoms with Crippen LogP contribution in [0, 0.1) is 5.41 Å². The number of tetrazole rings is 1. The first-order valence-corrected chi connectivity index (χ1v) is 14.2. The number of nitrogens with two attached hydrogens (primary N) is 1. The van der Waals surface area contributed by atoms with Crippen LogP contribution < -0.4 is 15.8 Å². The summed E-state index contributed by atoms with van der Waals surface area (Å²) in [5, 5.41) is 25.2. The van der Waals surface area contributed by atoms with Crippen molar-refractivity contribution < 1.29 is 21.6 Å². The van der Waals surface area contributed by atoms with Crippen molar-refractivity contribution in [1.29, 1.82) is 0 Å². The van der Waals surface area contributed by atoms with Gasteiger partial charge in [0.25, 0.3) is 0 Å². The Hall–Kier alpha value is -2.09. The highest BCUT2D eigenvalue weighted by Crippen LogP contribution is 2.44. The molecule has 5 N–H and O–H groups in total. The van der Waals surface area contributed by atoms with Gasteiger partial charge in [-0.2, -0.15) is 13.2 Å². The number of H-pyrrole nitrogens is 1. The number of nitrogens with zero attached hydrogens (tertiary/aromatic N) is 3. The average Bonchev–Trinajstić information content (AvgIpc) is 3.41. The van der Waals surface area contributed by atoms with Gasteiger partial charge in [0, 0.05) is 17.6 Å². The molecule has 0 bridgehead atoms. The zero-order chi connectivity index (χ0) is 26.5. The fourth-order valence-electron chi connectivity index (χ4n) is 6.33. The summed E-state index contributed by atoms with van der Waals surface area (Å²) in [6.45, 7) is 2.33. The lowest BCUT2D eigenvalue weighted by molar-refractivity contribution is -0.137. The first-order chi connectivity index (χ1) is 17.7. The number of alkyl halides is 3. The number of hydrogen-bond donors (Lipinski definition) is 5. The van der Waals surface area contributed by atoms with E-state index in [9.17, 15) is 13.2 Å². The van der Waals surface area contributed by atoms with Crippen molar-refractivity contribution in [2.75, 3.05) is 13.1 Å².